The first-order valence-electron chi connectivity index (χ1n) is 8.38. The highest BCUT2D eigenvalue weighted by Gasteiger charge is 2.17. The number of Topliss-reactive ketones (excluding diaryl/α,β-unsaturated/α-hetero) is 1. The molecule has 0 aliphatic carbocycles. The van der Waals surface area contributed by atoms with Gasteiger partial charge < -0.3 is 10.1 Å². The number of rotatable bonds is 7. The second-order valence-electron chi connectivity index (χ2n) is 6.17. The van der Waals surface area contributed by atoms with Gasteiger partial charge in [-0.25, -0.2) is 13.2 Å². The summed E-state index contributed by atoms with van der Waals surface area (Å²) in [7, 11) is 0. The summed E-state index contributed by atoms with van der Waals surface area (Å²) >= 11 is 0. The van der Waals surface area contributed by atoms with E-state index in [0.717, 1.165) is 17.2 Å². The number of halogens is 3. The van der Waals surface area contributed by atoms with E-state index in [4.69, 9.17) is 4.74 Å². The number of esters is 1. The normalized spacial score (nSPS) is 10.5. The van der Waals surface area contributed by atoms with Gasteiger partial charge in [-0.1, -0.05) is 17.7 Å². The predicted molar refractivity (Wildman–Crippen MR) is 95.4 cm³/mol. The summed E-state index contributed by atoms with van der Waals surface area (Å²) in [5, 5.41) is 1.97. The summed E-state index contributed by atoms with van der Waals surface area (Å²) in [6, 6.07) is 6.90. The van der Waals surface area contributed by atoms with Gasteiger partial charge in [-0.2, -0.15) is 0 Å². The standard InChI is InChI=1S/C20H18F3NO4/c1-11-3-4-12(2)13(9-11)16(25)7-8-18(27)28-10-17(26)24-15-6-5-14(21)19(22)20(15)23/h3-6,9H,7-8,10H2,1-2H3,(H,24,26). The maximum atomic E-state index is 13.5. The molecule has 8 heteroatoms. The Hall–Kier alpha value is -3.16. The molecule has 0 saturated heterocycles. The molecule has 0 fully saturated rings. The van der Waals surface area contributed by atoms with Crippen LogP contribution < -0.4 is 5.32 Å². The third-order valence-corrected chi connectivity index (χ3v) is 3.92. The van der Waals surface area contributed by atoms with E-state index < -0.39 is 41.6 Å². The number of carbonyl (C=O) groups is 3. The molecule has 1 N–H and O–H groups in total. The largest absolute Gasteiger partial charge is 0.456 e. The zero-order valence-corrected chi connectivity index (χ0v) is 15.3. The Morgan fingerprint density at radius 3 is 2.39 bits per heavy atom. The highest BCUT2D eigenvalue weighted by atomic mass is 19.2. The number of amides is 1. The highest BCUT2D eigenvalue weighted by molar-refractivity contribution is 5.99. The molecule has 2 rings (SSSR count). The van der Waals surface area contributed by atoms with Gasteiger partial charge in [0, 0.05) is 12.0 Å². The molecule has 28 heavy (non-hydrogen) atoms. The number of hydrogen-bond acceptors (Lipinski definition) is 4. The molecule has 2 aromatic carbocycles. The van der Waals surface area contributed by atoms with Crippen LogP contribution in [0.4, 0.5) is 18.9 Å². The number of ketones is 1. The van der Waals surface area contributed by atoms with Crippen LogP contribution in [0.5, 0.6) is 0 Å². The molecule has 0 heterocycles. The van der Waals surface area contributed by atoms with Crippen LogP contribution in [0.2, 0.25) is 0 Å². The molecule has 0 spiro atoms. The van der Waals surface area contributed by atoms with Crippen molar-refractivity contribution in [2.24, 2.45) is 0 Å². The lowest BCUT2D eigenvalue weighted by molar-refractivity contribution is -0.147. The van der Waals surface area contributed by atoms with Crippen molar-refractivity contribution in [3.05, 3.63) is 64.5 Å². The van der Waals surface area contributed by atoms with Crippen molar-refractivity contribution < 1.29 is 32.3 Å². The van der Waals surface area contributed by atoms with Crippen molar-refractivity contribution in [3.8, 4) is 0 Å². The third-order valence-electron chi connectivity index (χ3n) is 3.92. The van der Waals surface area contributed by atoms with Crippen LogP contribution in [-0.4, -0.2) is 24.3 Å². The van der Waals surface area contributed by atoms with E-state index in [0.29, 0.717) is 11.6 Å². The zero-order valence-electron chi connectivity index (χ0n) is 15.3. The molecule has 0 atom stereocenters. The van der Waals surface area contributed by atoms with E-state index in [2.05, 4.69) is 0 Å². The summed E-state index contributed by atoms with van der Waals surface area (Å²) in [4.78, 5) is 35.6. The average molecular weight is 393 g/mol. The minimum atomic E-state index is -1.72. The molecule has 2 aromatic rings. The van der Waals surface area contributed by atoms with Crippen molar-refractivity contribution in [2.45, 2.75) is 26.7 Å². The Labute approximate surface area is 159 Å². The van der Waals surface area contributed by atoms with Crippen LogP contribution in [-0.2, 0) is 14.3 Å². The zero-order chi connectivity index (χ0) is 20.8. The second-order valence-corrected chi connectivity index (χ2v) is 6.17. The van der Waals surface area contributed by atoms with Crippen molar-refractivity contribution >= 4 is 23.3 Å². The van der Waals surface area contributed by atoms with E-state index in [1.165, 1.54) is 0 Å². The van der Waals surface area contributed by atoms with E-state index in [-0.39, 0.29) is 18.6 Å². The molecule has 5 nitrogen and oxygen atoms in total. The van der Waals surface area contributed by atoms with E-state index in [9.17, 15) is 27.6 Å². The predicted octanol–water partition coefficient (Wildman–Crippen LogP) is 3.87. The van der Waals surface area contributed by atoms with Crippen LogP contribution in [0.3, 0.4) is 0 Å². The van der Waals surface area contributed by atoms with Crippen molar-refractivity contribution in [2.75, 3.05) is 11.9 Å². The lowest BCUT2D eigenvalue weighted by Crippen LogP contribution is -2.22. The maximum absolute atomic E-state index is 13.5. The van der Waals surface area contributed by atoms with Gasteiger partial charge in [0.15, 0.2) is 29.8 Å². The highest BCUT2D eigenvalue weighted by Crippen LogP contribution is 2.19. The molecule has 0 radical (unpaired) electrons. The quantitative estimate of drug-likeness (QED) is 0.440. The van der Waals surface area contributed by atoms with Gasteiger partial charge in [0.05, 0.1) is 12.1 Å². The minimum Gasteiger partial charge on any atom is -0.456 e. The molecule has 0 saturated carbocycles. The Bertz CT molecular complexity index is 928. The molecule has 0 aliphatic heterocycles. The van der Waals surface area contributed by atoms with Gasteiger partial charge in [-0.3, -0.25) is 14.4 Å². The molecule has 148 valence electrons. The maximum Gasteiger partial charge on any atom is 0.306 e. The fourth-order valence-electron chi connectivity index (χ4n) is 2.41. The van der Waals surface area contributed by atoms with Gasteiger partial charge in [-0.15, -0.1) is 0 Å². The Balaban J connectivity index is 1.82. The minimum absolute atomic E-state index is 0.0947. The Morgan fingerprint density at radius 1 is 0.964 bits per heavy atom. The third kappa shape index (κ3) is 5.42. The first-order chi connectivity index (χ1) is 13.2. The molecule has 0 aliphatic rings. The van der Waals surface area contributed by atoms with E-state index >= 15 is 0 Å². The molecule has 0 bridgehead atoms. The summed E-state index contributed by atoms with van der Waals surface area (Å²) in [6.45, 7) is 2.88. The summed E-state index contributed by atoms with van der Waals surface area (Å²) in [6.07, 6.45) is -0.332. The fraction of sp³-hybridized carbons (Fsp3) is 0.250. The second kappa shape index (κ2) is 9.16. The number of anilines is 1. The van der Waals surface area contributed by atoms with Crippen LogP contribution in [0.25, 0.3) is 0 Å². The molecule has 1 amide bonds. The number of hydrogen-bond donors (Lipinski definition) is 1. The molecular formula is C20H18F3NO4. The Kier molecular flexibility index (Phi) is 6.92. The monoisotopic (exact) mass is 393 g/mol. The number of carbonyl (C=O) groups excluding carboxylic acids is 3. The summed E-state index contributed by atoms with van der Waals surface area (Å²) in [5.41, 5.74) is 1.64. The summed E-state index contributed by atoms with van der Waals surface area (Å²) in [5.74, 6) is -6.63. The van der Waals surface area contributed by atoms with Gasteiger partial charge in [0.2, 0.25) is 0 Å². The summed E-state index contributed by atoms with van der Waals surface area (Å²) < 4.78 is 44.1. The topological polar surface area (TPSA) is 72.5 Å². The van der Waals surface area contributed by atoms with Crippen molar-refractivity contribution in [1.82, 2.24) is 0 Å². The van der Waals surface area contributed by atoms with Crippen LogP contribution in [0.1, 0.15) is 34.3 Å². The number of ether oxygens (including phenoxy) is 1. The molecule has 0 unspecified atom stereocenters. The number of benzene rings is 2. The van der Waals surface area contributed by atoms with Gasteiger partial charge in [0.25, 0.3) is 5.91 Å². The molecular weight excluding hydrogens is 375 g/mol. The SMILES string of the molecule is Cc1ccc(C)c(C(=O)CCC(=O)OCC(=O)Nc2ccc(F)c(F)c2F)c1. The number of aryl methyl sites for hydroxylation is 2. The van der Waals surface area contributed by atoms with E-state index in [1.807, 2.05) is 24.4 Å². The average Bonchev–Trinajstić information content (AvgIpc) is 2.66. The number of nitrogens with one attached hydrogen (secondary N) is 1. The van der Waals surface area contributed by atoms with Crippen LogP contribution in [0.15, 0.2) is 30.3 Å². The van der Waals surface area contributed by atoms with Crippen LogP contribution >= 0.6 is 0 Å². The van der Waals surface area contributed by atoms with Crippen molar-refractivity contribution in [1.29, 1.82) is 0 Å². The lowest BCUT2D eigenvalue weighted by Gasteiger charge is -2.09. The first-order valence-corrected chi connectivity index (χ1v) is 8.38. The van der Waals surface area contributed by atoms with E-state index in [1.54, 1.807) is 13.0 Å². The smallest absolute Gasteiger partial charge is 0.306 e. The van der Waals surface area contributed by atoms with Crippen LogP contribution in [0, 0.1) is 31.3 Å². The van der Waals surface area contributed by atoms with Gasteiger partial charge >= 0.3 is 5.97 Å². The lowest BCUT2D eigenvalue weighted by atomic mass is 9.99. The van der Waals surface area contributed by atoms with Gasteiger partial charge in [0.1, 0.15) is 0 Å². The molecule has 0 aromatic heterocycles. The first kappa shape index (κ1) is 21.1. The Morgan fingerprint density at radius 2 is 1.68 bits per heavy atom. The van der Waals surface area contributed by atoms with Crippen molar-refractivity contribution in [3.63, 3.8) is 0 Å². The fourth-order valence-corrected chi connectivity index (χ4v) is 2.41. The van der Waals surface area contributed by atoms with Gasteiger partial charge in [-0.05, 0) is 37.6 Å².